The second-order valence-electron chi connectivity index (χ2n) is 11.1. The van der Waals surface area contributed by atoms with Crippen molar-refractivity contribution in [2.45, 2.75) is 57.1 Å². The van der Waals surface area contributed by atoms with E-state index in [0.717, 1.165) is 21.0 Å². The standard InChI is InChI=1S/C35H38N4O6S/c1-4-27(3)36-35(41)33(23-28-11-7-5-8-12-28)37(24-29-17-15-26(2)16-18-29)34(40)25-38(30-19-21-31(22-20-30)39(42)43)46(44,45)32-13-9-6-10-14-32/h5-22,27,33H,4,23-25H2,1-3H3,(H,36,41)/t27-,33+/m0/s1. The lowest BCUT2D eigenvalue weighted by Gasteiger charge is -2.34. The van der Waals surface area contributed by atoms with Gasteiger partial charge >= 0.3 is 0 Å². The number of rotatable bonds is 14. The molecule has 2 atom stereocenters. The first-order valence-corrected chi connectivity index (χ1v) is 16.4. The third-order valence-electron chi connectivity index (χ3n) is 7.70. The number of benzene rings is 4. The fourth-order valence-corrected chi connectivity index (χ4v) is 6.31. The fourth-order valence-electron chi connectivity index (χ4n) is 4.87. The minimum atomic E-state index is -4.31. The zero-order chi connectivity index (χ0) is 33.3. The number of anilines is 1. The van der Waals surface area contributed by atoms with E-state index in [9.17, 15) is 28.1 Å². The molecule has 4 aromatic carbocycles. The molecule has 0 saturated carbocycles. The number of carbonyl (C=O) groups is 2. The highest BCUT2D eigenvalue weighted by Crippen LogP contribution is 2.27. The maximum absolute atomic E-state index is 14.5. The van der Waals surface area contributed by atoms with Gasteiger partial charge in [-0.25, -0.2) is 8.42 Å². The van der Waals surface area contributed by atoms with Crippen molar-refractivity contribution < 1.29 is 22.9 Å². The van der Waals surface area contributed by atoms with Gasteiger partial charge in [0.2, 0.25) is 11.8 Å². The summed E-state index contributed by atoms with van der Waals surface area (Å²) >= 11 is 0. The van der Waals surface area contributed by atoms with Crippen LogP contribution in [0.25, 0.3) is 0 Å². The van der Waals surface area contributed by atoms with Gasteiger partial charge in [0, 0.05) is 31.1 Å². The monoisotopic (exact) mass is 642 g/mol. The van der Waals surface area contributed by atoms with Gasteiger partial charge in [-0.3, -0.25) is 24.0 Å². The van der Waals surface area contributed by atoms with Crippen molar-refractivity contribution in [1.29, 1.82) is 0 Å². The van der Waals surface area contributed by atoms with E-state index in [1.807, 2.05) is 75.4 Å². The second kappa shape index (κ2) is 15.3. The Bertz CT molecular complexity index is 1730. The Kier molecular flexibility index (Phi) is 11.3. The summed E-state index contributed by atoms with van der Waals surface area (Å²) in [7, 11) is -4.31. The fraction of sp³-hybridized carbons (Fsp3) is 0.257. The molecule has 10 nitrogen and oxygen atoms in total. The van der Waals surface area contributed by atoms with Gasteiger partial charge in [0.15, 0.2) is 0 Å². The molecule has 0 aliphatic carbocycles. The zero-order valence-electron chi connectivity index (χ0n) is 26.1. The summed E-state index contributed by atoms with van der Waals surface area (Å²) < 4.78 is 29.0. The quantitative estimate of drug-likeness (QED) is 0.140. The number of sulfonamides is 1. The smallest absolute Gasteiger partial charge is 0.269 e. The molecule has 4 rings (SSSR count). The van der Waals surface area contributed by atoms with Crippen LogP contribution in [0.3, 0.4) is 0 Å². The van der Waals surface area contributed by atoms with Gasteiger partial charge in [-0.15, -0.1) is 0 Å². The normalized spacial score (nSPS) is 12.5. The van der Waals surface area contributed by atoms with Crippen LogP contribution in [0.2, 0.25) is 0 Å². The first kappa shape index (κ1) is 33.9. The summed E-state index contributed by atoms with van der Waals surface area (Å²) in [5, 5.41) is 14.3. The molecule has 0 fully saturated rings. The Morgan fingerprint density at radius 2 is 1.43 bits per heavy atom. The van der Waals surface area contributed by atoms with E-state index in [4.69, 9.17) is 0 Å². The average molecular weight is 643 g/mol. The molecule has 46 heavy (non-hydrogen) atoms. The van der Waals surface area contributed by atoms with Gasteiger partial charge in [0.25, 0.3) is 15.7 Å². The number of nitro benzene ring substituents is 1. The van der Waals surface area contributed by atoms with Crippen molar-refractivity contribution in [3.05, 3.63) is 136 Å². The molecule has 0 saturated heterocycles. The number of hydrogen-bond donors (Lipinski definition) is 1. The molecule has 240 valence electrons. The Morgan fingerprint density at radius 1 is 0.848 bits per heavy atom. The maximum atomic E-state index is 14.5. The second-order valence-corrected chi connectivity index (χ2v) is 13.0. The molecule has 0 heterocycles. The number of non-ortho nitro benzene ring substituents is 1. The lowest BCUT2D eigenvalue weighted by Crippen LogP contribution is -2.54. The molecule has 0 aliphatic heterocycles. The van der Waals surface area contributed by atoms with Crippen molar-refractivity contribution in [3.8, 4) is 0 Å². The van der Waals surface area contributed by atoms with Crippen LogP contribution in [0.5, 0.6) is 0 Å². The minimum Gasteiger partial charge on any atom is -0.352 e. The van der Waals surface area contributed by atoms with E-state index in [-0.39, 0.29) is 41.2 Å². The molecular formula is C35H38N4O6S. The van der Waals surface area contributed by atoms with Gasteiger partial charge in [0.1, 0.15) is 12.6 Å². The molecule has 2 amide bonds. The summed E-state index contributed by atoms with van der Waals surface area (Å²) in [6, 6.07) is 28.4. The number of hydrogen-bond acceptors (Lipinski definition) is 6. The number of nitro groups is 1. The van der Waals surface area contributed by atoms with E-state index >= 15 is 0 Å². The van der Waals surface area contributed by atoms with Crippen molar-refractivity contribution in [2.75, 3.05) is 10.8 Å². The van der Waals surface area contributed by atoms with Crippen LogP contribution in [0, 0.1) is 17.0 Å². The van der Waals surface area contributed by atoms with E-state index in [1.54, 1.807) is 18.2 Å². The third-order valence-corrected chi connectivity index (χ3v) is 9.49. The number of nitrogens with zero attached hydrogens (tertiary/aromatic N) is 3. The van der Waals surface area contributed by atoms with Gasteiger partial charge in [-0.1, -0.05) is 85.3 Å². The van der Waals surface area contributed by atoms with Crippen LogP contribution in [0.4, 0.5) is 11.4 Å². The van der Waals surface area contributed by atoms with Crippen molar-refractivity contribution in [2.24, 2.45) is 0 Å². The molecule has 0 radical (unpaired) electrons. The Hall–Kier alpha value is -5.03. The van der Waals surface area contributed by atoms with E-state index < -0.39 is 33.4 Å². The summed E-state index contributed by atoms with van der Waals surface area (Å²) in [6.07, 6.45) is 0.878. The van der Waals surface area contributed by atoms with Gasteiger partial charge in [-0.2, -0.15) is 0 Å². The van der Waals surface area contributed by atoms with Gasteiger partial charge in [-0.05, 0) is 55.7 Å². The van der Waals surface area contributed by atoms with E-state index in [0.29, 0.717) is 6.42 Å². The van der Waals surface area contributed by atoms with Crippen LogP contribution in [-0.2, 0) is 32.6 Å². The highest BCUT2D eigenvalue weighted by Gasteiger charge is 2.35. The average Bonchev–Trinajstić information content (AvgIpc) is 3.06. The van der Waals surface area contributed by atoms with E-state index in [2.05, 4.69) is 5.32 Å². The summed E-state index contributed by atoms with van der Waals surface area (Å²) in [4.78, 5) is 40.5. The van der Waals surface area contributed by atoms with E-state index in [1.165, 1.54) is 41.3 Å². The first-order chi connectivity index (χ1) is 22.0. The van der Waals surface area contributed by atoms with Crippen LogP contribution >= 0.6 is 0 Å². The summed E-state index contributed by atoms with van der Waals surface area (Å²) in [6.45, 7) is 5.17. The zero-order valence-corrected chi connectivity index (χ0v) is 26.9. The summed E-state index contributed by atoms with van der Waals surface area (Å²) in [5.41, 5.74) is 2.47. The number of carbonyl (C=O) groups excluding carboxylic acids is 2. The molecule has 0 spiro atoms. The minimum absolute atomic E-state index is 0.0457. The molecule has 0 bridgehead atoms. The highest BCUT2D eigenvalue weighted by atomic mass is 32.2. The van der Waals surface area contributed by atoms with Gasteiger partial charge < -0.3 is 10.2 Å². The van der Waals surface area contributed by atoms with Crippen LogP contribution in [0.15, 0.2) is 114 Å². The number of nitrogens with one attached hydrogen (secondary N) is 1. The highest BCUT2D eigenvalue weighted by molar-refractivity contribution is 7.92. The van der Waals surface area contributed by atoms with Gasteiger partial charge in [0.05, 0.1) is 15.5 Å². The maximum Gasteiger partial charge on any atom is 0.269 e. The van der Waals surface area contributed by atoms with Crippen molar-refractivity contribution >= 4 is 33.2 Å². The van der Waals surface area contributed by atoms with Crippen LogP contribution < -0.4 is 9.62 Å². The summed E-state index contributed by atoms with van der Waals surface area (Å²) in [5.74, 6) is -0.967. The SMILES string of the molecule is CC[C@H](C)NC(=O)[C@@H](Cc1ccccc1)N(Cc1ccc(C)cc1)C(=O)CN(c1ccc([N+](=O)[O-])cc1)S(=O)(=O)c1ccccc1. The molecule has 1 N–H and O–H groups in total. The van der Waals surface area contributed by atoms with Crippen LogP contribution in [-0.4, -0.2) is 48.7 Å². The predicted molar refractivity (Wildman–Crippen MR) is 178 cm³/mol. The molecule has 0 aliphatic rings. The Balaban J connectivity index is 1.81. The molecule has 0 unspecified atom stereocenters. The lowest BCUT2D eigenvalue weighted by molar-refractivity contribution is -0.384. The van der Waals surface area contributed by atoms with Crippen LogP contribution in [0.1, 0.15) is 37.0 Å². The van der Waals surface area contributed by atoms with Crippen molar-refractivity contribution in [1.82, 2.24) is 10.2 Å². The molecular weight excluding hydrogens is 604 g/mol. The Morgan fingerprint density at radius 3 is 2.00 bits per heavy atom. The lowest BCUT2D eigenvalue weighted by atomic mass is 10.0. The largest absolute Gasteiger partial charge is 0.352 e. The topological polar surface area (TPSA) is 130 Å². The number of amides is 2. The number of aryl methyl sites for hydroxylation is 1. The molecule has 0 aromatic heterocycles. The molecule has 4 aromatic rings. The first-order valence-electron chi connectivity index (χ1n) is 15.0. The Labute approximate surface area is 269 Å². The predicted octanol–water partition coefficient (Wildman–Crippen LogP) is 5.65. The third kappa shape index (κ3) is 8.57. The molecule has 11 heteroatoms. The van der Waals surface area contributed by atoms with Crippen molar-refractivity contribution in [3.63, 3.8) is 0 Å².